The summed E-state index contributed by atoms with van der Waals surface area (Å²) in [6.45, 7) is 2.11. The van der Waals surface area contributed by atoms with Gasteiger partial charge in [0.1, 0.15) is 0 Å². The average Bonchev–Trinajstić information content (AvgIpc) is 2.88. The second kappa shape index (κ2) is 5.26. The highest BCUT2D eigenvalue weighted by atomic mass is 79.9. The van der Waals surface area contributed by atoms with Gasteiger partial charge in [-0.1, -0.05) is 27.6 Å². The molecule has 2 nitrogen and oxygen atoms in total. The third-order valence-corrected chi connectivity index (χ3v) is 4.63. The Balaban J connectivity index is 2.13. The van der Waals surface area contributed by atoms with Crippen LogP contribution in [0.15, 0.2) is 65.1 Å². The maximum absolute atomic E-state index is 9.00. The summed E-state index contributed by atoms with van der Waals surface area (Å²) in [6.07, 6.45) is 0. The lowest BCUT2D eigenvalue weighted by Crippen LogP contribution is -1.93. The molecular weight excluding hydrogens is 348 g/mol. The Morgan fingerprint density at radius 2 is 1.52 bits per heavy atom. The number of nitriles is 1. The summed E-state index contributed by atoms with van der Waals surface area (Å²) in [4.78, 5) is 0. The molecule has 0 amide bonds. The number of benzene rings is 3. The van der Waals surface area contributed by atoms with E-state index in [0.29, 0.717) is 5.56 Å². The molecule has 4 aromatic rings. The maximum atomic E-state index is 9.00. The summed E-state index contributed by atoms with van der Waals surface area (Å²) in [5.41, 5.74) is 5.33. The van der Waals surface area contributed by atoms with Crippen LogP contribution in [0.1, 0.15) is 11.1 Å². The van der Waals surface area contributed by atoms with E-state index >= 15 is 0 Å². The largest absolute Gasteiger partial charge is 0.309 e. The van der Waals surface area contributed by atoms with E-state index in [1.807, 2.05) is 24.3 Å². The molecule has 0 unspecified atom stereocenters. The van der Waals surface area contributed by atoms with E-state index in [4.69, 9.17) is 5.26 Å². The van der Waals surface area contributed by atoms with Crippen molar-refractivity contribution in [3.8, 4) is 11.8 Å². The summed E-state index contributed by atoms with van der Waals surface area (Å²) in [7, 11) is 0. The first-order valence-corrected chi connectivity index (χ1v) is 8.17. The Labute approximate surface area is 142 Å². The first-order valence-electron chi connectivity index (χ1n) is 7.38. The molecule has 0 spiro atoms. The van der Waals surface area contributed by atoms with Crippen molar-refractivity contribution in [2.75, 3.05) is 0 Å². The van der Waals surface area contributed by atoms with Crippen molar-refractivity contribution in [2.45, 2.75) is 6.92 Å². The van der Waals surface area contributed by atoms with Crippen LogP contribution in [0.25, 0.3) is 27.5 Å². The normalized spacial score (nSPS) is 11.0. The monoisotopic (exact) mass is 360 g/mol. The number of aryl methyl sites for hydroxylation is 1. The molecule has 110 valence electrons. The highest BCUT2D eigenvalue weighted by Gasteiger charge is 2.12. The topological polar surface area (TPSA) is 28.7 Å². The summed E-state index contributed by atoms with van der Waals surface area (Å²) in [6, 6.07) is 22.8. The second-order valence-electron chi connectivity index (χ2n) is 5.68. The molecule has 23 heavy (non-hydrogen) atoms. The Kier molecular flexibility index (Phi) is 3.21. The molecular formula is C20H13BrN2. The van der Waals surface area contributed by atoms with E-state index in [1.165, 1.54) is 27.4 Å². The Bertz CT molecular complexity index is 1020. The fourth-order valence-electron chi connectivity index (χ4n) is 3.07. The van der Waals surface area contributed by atoms with Crippen molar-refractivity contribution in [3.63, 3.8) is 0 Å². The Morgan fingerprint density at radius 3 is 2.22 bits per heavy atom. The molecule has 4 rings (SSSR count). The number of rotatable bonds is 1. The van der Waals surface area contributed by atoms with Crippen LogP contribution in [-0.2, 0) is 0 Å². The van der Waals surface area contributed by atoms with E-state index in [-0.39, 0.29) is 0 Å². The zero-order valence-corrected chi connectivity index (χ0v) is 14.1. The predicted octanol–water partition coefficient (Wildman–Crippen LogP) is 5.73. The number of fused-ring (bicyclic) bond motifs is 3. The molecule has 0 bridgehead atoms. The minimum atomic E-state index is 0.674. The third kappa shape index (κ3) is 2.23. The van der Waals surface area contributed by atoms with Crippen LogP contribution in [0.3, 0.4) is 0 Å². The lowest BCUT2D eigenvalue weighted by Gasteiger charge is -2.08. The van der Waals surface area contributed by atoms with Crippen LogP contribution in [-0.4, -0.2) is 4.57 Å². The molecule has 0 atom stereocenters. The van der Waals surface area contributed by atoms with Crippen LogP contribution < -0.4 is 0 Å². The Morgan fingerprint density at radius 1 is 0.870 bits per heavy atom. The molecule has 0 saturated carbocycles. The van der Waals surface area contributed by atoms with Crippen LogP contribution in [0, 0.1) is 18.3 Å². The van der Waals surface area contributed by atoms with Gasteiger partial charge in [-0.25, -0.2) is 0 Å². The van der Waals surface area contributed by atoms with Gasteiger partial charge < -0.3 is 4.57 Å². The molecule has 0 aliphatic heterocycles. The van der Waals surface area contributed by atoms with E-state index in [0.717, 1.165) is 10.2 Å². The average molecular weight is 361 g/mol. The van der Waals surface area contributed by atoms with Gasteiger partial charge in [0.05, 0.1) is 22.7 Å². The lowest BCUT2D eigenvalue weighted by molar-refractivity contribution is 1.18. The Hall–Kier alpha value is -2.57. The molecule has 0 radical (unpaired) electrons. The molecule has 1 heterocycles. The summed E-state index contributed by atoms with van der Waals surface area (Å²) in [5, 5.41) is 11.5. The van der Waals surface area contributed by atoms with Crippen molar-refractivity contribution in [3.05, 3.63) is 76.3 Å². The van der Waals surface area contributed by atoms with Crippen LogP contribution in [0.4, 0.5) is 0 Å². The molecule has 0 aliphatic rings. The third-order valence-electron chi connectivity index (χ3n) is 4.14. The molecule has 0 fully saturated rings. The quantitative estimate of drug-likeness (QED) is 0.426. The molecule has 0 saturated heterocycles. The van der Waals surface area contributed by atoms with Gasteiger partial charge in [0, 0.05) is 20.9 Å². The van der Waals surface area contributed by atoms with Gasteiger partial charge in [-0.15, -0.1) is 0 Å². The van der Waals surface area contributed by atoms with Crippen molar-refractivity contribution in [2.24, 2.45) is 0 Å². The summed E-state index contributed by atoms with van der Waals surface area (Å²) in [5.74, 6) is 0. The zero-order valence-electron chi connectivity index (χ0n) is 12.5. The fraction of sp³-hybridized carbons (Fsp3) is 0.0500. The van der Waals surface area contributed by atoms with Gasteiger partial charge in [-0.3, -0.25) is 0 Å². The molecule has 0 N–H and O–H groups in total. The first kappa shape index (κ1) is 14.0. The highest BCUT2D eigenvalue weighted by molar-refractivity contribution is 9.10. The number of halogens is 1. The maximum Gasteiger partial charge on any atom is 0.0991 e. The minimum absolute atomic E-state index is 0.674. The number of nitrogens with zero attached hydrogens (tertiary/aromatic N) is 2. The minimum Gasteiger partial charge on any atom is -0.309 e. The molecule has 3 aromatic carbocycles. The summed E-state index contributed by atoms with van der Waals surface area (Å²) < 4.78 is 3.32. The smallest absolute Gasteiger partial charge is 0.0991 e. The van der Waals surface area contributed by atoms with Gasteiger partial charge in [0.25, 0.3) is 0 Å². The van der Waals surface area contributed by atoms with Crippen molar-refractivity contribution in [1.82, 2.24) is 4.57 Å². The van der Waals surface area contributed by atoms with Gasteiger partial charge >= 0.3 is 0 Å². The summed E-state index contributed by atoms with van der Waals surface area (Å²) >= 11 is 3.58. The number of aromatic nitrogens is 1. The van der Waals surface area contributed by atoms with Crippen LogP contribution in [0.5, 0.6) is 0 Å². The van der Waals surface area contributed by atoms with Gasteiger partial charge in [0.2, 0.25) is 0 Å². The van der Waals surface area contributed by atoms with Gasteiger partial charge in [-0.2, -0.15) is 5.26 Å². The molecule has 1 aromatic heterocycles. The van der Waals surface area contributed by atoms with Crippen molar-refractivity contribution < 1.29 is 0 Å². The molecule has 3 heteroatoms. The van der Waals surface area contributed by atoms with E-state index in [9.17, 15) is 0 Å². The van der Waals surface area contributed by atoms with Crippen molar-refractivity contribution >= 4 is 37.7 Å². The van der Waals surface area contributed by atoms with Crippen LogP contribution in [0.2, 0.25) is 0 Å². The van der Waals surface area contributed by atoms with Gasteiger partial charge in [0.15, 0.2) is 0 Å². The second-order valence-corrected chi connectivity index (χ2v) is 6.59. The SMILES string of the molecule is Cc1ccc2c(c1)c1cc(Br)ccc1n2-c1ccc(C#N)cc1. The molecule has 0 aliphatic carbocycles. The van der Waals surface area contributed by atoms with Crippen LogP contribution >= 0.6 is 15.9 Å². The van der Waals surface area contributed by atoms with E-state index < -0.39 is 0 Å². The van der Waals surface area contributed by atoms with Crippen molar-refractivity contribution in [1.29, 1.82) is 5.26 Å². The standard InChI is InChI=1S/C20H13BrN2/c1-13-2-8-19-17(10-13)18-11-15(21)5-9-20(18)23(19)16-6-3-14(12-22)4-7-16/h2-11H,1H3. The van der Waals surface area contributed by atoms with E-state index in [2.05, 4.69) is 69.9 Å². The predicted molar refractivity (Wildman–Crippen MR) is 97.9 cm³/mol. The fourth-order valence-corrected chi connectivity index (χ4v) is 3.43. The van der Waals surface area contributed by atoms with E-state index in [1.54, 1.807) is 0 Å². The zero-order chi connectivity index (χ0) is 16.0. The highest BCUT2D eigenvalue weighted by Crippen LogP contribution is 2.34. The van der Waals surface area contributed by atoms with Gasteiger partial charge in [-0.05, 0) is 61.5 Å². The number of hydrogen-bond acceptors (Lipinski definition) is 1. The number of hydrogen-bond donors (Lipinski definition) is 0. The first-order chi connectivity index (χ1) is 11.2. The lowest BCUT2D eigenvalue weighted by atomic mass is 10.1.